The van der Waals surface area contributed by atoms with E-state index in [4.69, 9.17) is 4.74 Å². The molecular formula is C13H15BrINO2. The van der Waals surface area contributed by atoms with Gasteiger partial charge in [0.25, 0.3) is 5.91 Å². The molecule has 0 aromatic heterocycles. The first-order valence-electron chi connectivity index (χ1n) is 5.81. The smallest absolute Gasteiger partial charge is 0.252 e. The maximum Gasteiger partial charge on any atom is 0.252 e. The van der Waals surface area contributed by atoms with Gasteiger partial charge in [0.05, 0.1) is 17.2 Å². The maximum atomic E-state index is 12.3. The number of ether oxygens (including phenoxy) is 1. The van der Waals surface area contributed by atoms with Crippen molar-refractivity contribution in [2.45, 2.75) is 31.9 Å². The van der Waals surface area contributed by atoms with Gasteiger partial charge in [-0.3, -0.25) is 4.79 Å². The van der Waals surface area contributed by atoms with Crippen molar-refractivity contribution in [3.8, 4) is 0 Å². The highest BCUT2D eigenvalue weighted by Gasteiger charge is 2.38. The van der Waals surface area contributed by atoms with Gasteiger partial charge in [-0.2, -0.15) is 0 Å². The predicted molar refractivity (Wildman–Crippen MR) is 82.8 cm³/mol. The van der Waals surface area contributed by atoms with Crippen LogP contribution in [-0.2, 0) is 4.74 Å². The molecule has 2 unspecified atom stereocenters. The fourth-order valence-corrected chi connectivity index (χ4v) is 2.92. The molecule has 1 amide bonds. The van der Waals surface area contributed by atoms with Crippen molar-refractivity contribution in [2.75, 3.05) is 6.61 Å². The van der Waals surface area contributed by atoms with Crippen molar-refractivity contribution < 1.29 is 9.53 Å². The Balaban J connectivity index is 2.19. The second-order valence-electron chi connectivity index (χ2n) is 4.76. The summed E-state index contributed by atoms with van der Waals surface area (Å²) in [7, 11) is 0. The van der Waals surface area contributed by atoms with Crippen LogP contribution in [0.4, 0.5) is 0 Å². The Hall–Kier alpha value is -0.140. The molecule has 1 N–H and O–H groups in total. The Morgan fingerprint density at radius 1 is 1.61 bits per heavy atom. The number of carbonyl (C=O) groups excluding carboxylic acids is 1. The molecule has 0 aliphatic carbocycles. The maximum absolute atomic E-state index is 12.3. The largest absolute Gasteiger partial charge is 0.376 e. The second kappa shape index (κ2) is 5.46. The lowest BCUT2D eigenvalue weighted by atomic mass is 9.94. The Labute approximate surface area is 129 Å². The van der Waals surface area contributed by atoms with Crippen LogP contribution >= 0.6 is 38.5 Å². The summed E-state index contributed by atoms with van der Waals surface area (Å²) in [6.45, 7) is 4.73. The third-order valence-electron chi connectivity index (χ3n) is 3.46. The van der Waals surface area contributed by atoms with E-state index < -0.39 is 0 Å². The van der Waals surface area contributed by atoms with Crippen molar-refractivity contribution >= 4 is 44.4 Å². The molecule has 1 aliphatic heterocycles. The van der Waals surface area contributed by atoms with Gasteiger partial charge in [-0.05, 0) is 77.0 Å². The SMILES string of the molecule is CC1OCCC1(C)NC(=O)c1cc(I)ccc1Br. The molecule has 1 saturated heterocycles. The summed E-state index contributed by atoms with van der Waals surface area (Å²) in [5.41, 5.74) is 0.389. The normalized spacial score (nSPS) is 27.2. The lowest BCUT2D eigenvalue weighted by molar-refractivity contribution is 0.0727. The molecule has 1 aromatic rings. The number of amides is 1. The molecule has 3 nitrogen and oxygen atoms in total. The first kappa shape index (κ1) is 14.3. The molecule has 1 aliphatic rings. The minimum absolute atomic E-state index is 0.0445. The molecule has 2 rings (SSSR count). The van der Waals surface area contributed by atoms with Crippen molar-refractivity contribution in [3.05, 3.63) is 31.8 Å². The number of hydrogen-bond acceptors (Lipinski definition) is 2. The molecule has 18 heavy (non-hydrogen) atoms. The van der Waals surface area contributed by atoms with E-state index in [-0.39, 0.29) is 17.6 Å². The summed E-state index contributed by atoms with van der Waals surface area (Å²) >= 11 is 5.62. The monoisotopic (exact) mass is 423 g/mol. The van der Waals surface area contributed by atoms with Gasteiger partial charge in [0.1, 0.15) is 0 Å². The standard InChI is InChI=1S/C13H15BrINO2/c1-8-13(2,5-6-18-8)16-12(17)10-7-9(15)3-4-11(10)14/h3-4,7-8H,5-6H2,1-2H3,(H,16,17). The zero-order valence-electron chi connectivity index (χ0n) is 10.3. The van der Waals surface area contributed by atoms with E-state index in [1.54, 1.807) is 0 Å². The van der Waals surface area contributed by atoms with Crippen LogP contribution in [0.25, 0.3) is 0 Å². The highest BCUT2D eigenvalue weighted by molar-refractivity contribution is 14.1. The molecule has 0 radical (unpaired) electrons. The molecule has 98 valence electrons. The predicted octanol–water partition coefficient (Wildman–Crippen LogP) is 3.35. The van der Waals surface area contributed by atoms with Gasteiger partial charge >= 0.3 is 0 Å². The summed E-state index contributed by atoms with van der Waals surface area (Å²) < 4.78 is 7.39. The zero-order chi connectivity index (χ0) is 13.3. The molecule has 0 bridgehead atoms. The molecule has 1 fully saturated rings. The topological polar surface area (TPSA) is 38.3 Å². The highest BCUT2D eigenvalue weighted by atomic mass is 127. The van der Waals surface area contributed by atoms with E-state index >= 15 is 0 Å². The summed E-state index contributed by atoms with van der Waals surface area (Å²) in [4.78, 5) is 12.3. The summed E-state index contributed by atoms with van der Waals surface area (Å²) in [6.07, 6.45) is 0.893. The van der Waals surface area contributed by atoms with Gasteiger partial charge in [0.2, 0.25) is 0 Å². The minimum Gasteiger partial charge on any atom is -0.376 e. The lowest BCUT2D eigenvalue weighted by Crippen LogP contribution is -2.50. The summed E-state index contributed by atoms with van der Waals surface area (Å²) in [6, 6.07) is 5.74. The molecule has 1 aromatic carbocycles. The molecule has 0 saturated carbocycles. The van der Waals surface area contributed by atoms with Crippen molar-refractivity contribution in [2.24, 2.45) is 0 Å². The molecular weight excluding hydrogens is 409 g/mol. The molecule has 5 heteroatoms. The van der Waals surface area contributed by atoms with E-state index in [1.807, 2.05) is 32.0 Å². The Morgan fingerprint density at radius 3 is 2.94 bits per heavy atom. The highest BCUT2D eigenvalue weighted by Crippen LogP contribution is 2.27. The number of nitrogens with one attached hydrogen (secondary N) is 1. The Morgan fingerprint density at radius 2 is 2.33 bits per heavy atom. The molecule has 0 spiro atoms. The lowest BCUT2D eigenvalue weighted by Gasteiger charge is -2.29. The second-order valence-corrected chi connectivity index (χ2v) is 6.86. The van der Waals surface area contributed by atoms with E-state index in [0.717, 1.165) is 14.5 Å². The number of rotatable bonds is 2. The van der Waals surface area contributed by atoms with Gasteiger partial charge in [-0.25, -0.2) is 0 Å². The van der Waals surface area contributed by atoms with Crippen LogP contribution in [-0.4, -0.2) is 24.2 Å². The van der Waals surface area contributed by atoms with Gasteiger partial charge in [-0.1, -0.05) is 0 Å². The van der Waals surface area contributed by atoms with Crippen LogP contribution in [0.5, 0.6) is 0 Å². The van der Waals surface area contributed by atoms with Crippen molar-refractivity contribution in [1.29, 1.82) is 0 Å². The fourth-order valence-electron chi connectivity index (χ4n) is 2.00. The average Bonchev–Trinajstić information content (AvgIpc) is 2.62. The van der Waals surface area contributed by atoms with Crippen LogP contribution in [0.2, 0.25) is 0 Å². The zero-order valence-corrected chi connectivity index (χ0v) is 14.0. The Kier molecular flexibility index (Phi) is 4.33. The van der Waals surface area contributed by atoms with Crippen LogP contribution in [0, 0.1) is 3.57 Å². The average molecular weight is 424 g/mol. The van der Waals surface area contributed by atoms with E-state index in [2.05, 4.69) is 43.8 Å². The first-order valence-corrected chi connectivity index (χ1v) is 7.69. The van der Waals surface area contributed by atoms with E-state index in [1.165, 1.54) is 0 Å². The van der Waals surface area contributed by atoms with Gasteiger partial charge in [0, 0.05) is 14.6 Å². The minimum atomic E-state index is -0.280. The Bertz CT molecular complexity index is 480. The van der Waals surface area contributed by atoms with E-state index in [9.17, 15) is 4.79 Å². The van der Waals surface area contributed by atoms with Gasteiger partial charge < -0.3 is 10.1 Å². The van der Waals surface area contributed by atoms with Crippen LogP contribution in [0.3, 0.4) is 0 Å². The third kappa shape index (κ3) is 2.88. The van der Waals surface area contributed by atoms with Gasteiger partial charge in [-0.15, -0.1) is 0 Å². The first-order chi connectivity index (χ1) is 8.42. The van der Waals surface area contributed by atoms with E-state index in [0.29, 0.717) is 12.2 Å². The van der Waals surface area contributed by atoms with Crippen molar-refractivity contribution in [3.63, 3.8) is 0 Å². The quantitative estimate of drug-likeness (QED) is 0.740. The summed E-state index contributed by atoms with van der Waals surface area (Å²) in [5, 5.41) is 3.09. The third-order valence-corrected chi connectivity index (χ3v) is 4.82. The molecule has 2 atom stereocenters. The number of benzene rings is 1. The van der Waals surface area contributed by atoms with Crippen molar-refractivity contribution in [1.82, 2.24) is 5.32 Å². The van der Waals surface area contributed by atoms with Gasteiger partial charge in [0.15, 0.2) is 0 Å². The van der Waals surface area contributed by atoms with Crippen LogP contribution in [0.15, 0.2) is 22.7 Å². The number of carbonyl (C=O) groups is 1. The van der Waals surface area contributed by atoms with Crippen LogP contribution in [0.1, 0.15) is 30.6 Å². The fraction of sp³-hybridized carbons (Fsp3) is 0.462. The number of hydrogen-bond donors (Lipinski definition) is 1. The number of halogens is 2. The van der Waals surface area contributed by atoms with Crippen LogP contribution < -0.4 is 5.32 Å². The molecule has 1 heterocycles. The summed E-state index contributed by atoms with van der Waals surface area (Å²) in [5.74, 6) is -0.0553.